The number of carbonyl (C=O) groups is 1. The molecule has 1 N–H and O–H groups in total. The van der Waals surface area contributed by atoms with Crippen LogP contribution in [-0.2, 0) is 9.53 Å². The lowest BCUT2D eigenvalue weighted by molar-refractivity contribution is -0.151. The summed E-state index contributed by atoms with van der Waals surface area (Å²) in [5, 5.41) is 9.29. The largest absolute Gasteiger partial charge is 0.467 e. The Bertz CT molecular complexity index is 281. The number of rotatable bonds is 2. The molecule has 0 fully saturated rings. The molecule has 0 spiro atoms. The molecule has 0 saturated heterocycles. The molecule has 0 aromatic carbocycles. The molecule has 1 heterocycles. The second-order valence-electron chi connectivity index (χ2n) is 2.07. The topological polar surface area (TPSA) is 59.7 Å². The molecule has 0 amide bonds. The van der Waals surface area contributed by atoms with Crippen LogP contribution in [0, 0.1) is 0 Å². The maximum atomic E-state index is 10.7. The van der Waals surface area contributed by atoms with Crippen molar-refractivity contribution in [3.8, 4) is 0 Å². The van der Waals surface area contributed by atoms with Crippen LogP contribution < -0.4 is 0 Å². The van der Waals surface area contributed by atoms with Gasteiger partial charge in [0.2, 0.25) is 6.10 Å². The third-order valence-electron chi connectivity index (χ3n) is 1.29. The molecule has 0 bridgehead atoms. The zero-order chi connectivity index (χ0) is 9.14. The fraction of sp³-hybridized carbons (Fsp3) is 0.286. The first-order valence-electron chi connectivity index (χ1n) is 3.16. The Labute approximate surface area is 73.7 Å². The van der Waals surface area contributed by atoms with E-state index in [-0.39, 0.29) is 11.0 Å². The molecule has 5 heteroatoms. The lowest BCUT2D eigenvalue weighted by Gasteiger charge is -2.03. The zero-order valence-electron chi connectivity index (χ0n) is 6.28. The maximum absolute atomic E-state index is 10.7. The smallest absolute Gasteiger partial charge is 0.342 e. The summed E-state index contributed by atoms with van der Waals surface area (Å²) >= 11 is 5.42. The number of aliphatic hydroxyl groups is 1. The minimum Gasteiger partial charge on any atom is -0.467 e. The van der Waals surface area contributed by atoms with Gasteiger partial charge in [-0.2, -0.15) is 0 Å². The number of ether oxygens (including phenoxy) is 1. The summed E-state index contributed by atoms with van der Waals surface area (Å²) in [6.07, 6.45) is -1.40. The van der Waals surface area contributed by atoms with Crippen molar-refractivity contribution in [3.05, 3.63) is 23.1 Å². The van der Waals surface area contributed by atoms with E-state index in [1.54, 1.807) is 0 Å². The van der Waals surface area contributed by atoms with Crippen molar-refractivity contribution < 1.29 is 19.1 Å². The molecular weight excluding hydrogens is 184 g/mol. The molecule has 1 aromatic heterocycles. The van der Waals surface area contributed by atoms with Crippen LogP contribution >= 0.6 is 11.6 Å². The van der Waals surface area contributed by atoms with Crippen LogP contribution in [0.1, 0.15) is 11.9 Å². The molecule has 4 nitrogen and oxygen atoms in total. The fourth-order valence-electron chi connectivity index (χ4n) is 0.703. The average molecular weight is 191 g/mol. The molecule has 1 unspecified atom stereocenters. The first kappa shape index (κ1) is 9.09. The fourth-order valence-corrected chi connectivity index (χ4v) is 0.855. The van der Waals surface area contributed by atoms with E-state index in [9.17, 15) is 9.90 Å². The highest BCUT2D eigenvalue weighted by molar-refractivity contribution is 6.28. The van der Waals surface area contributed by atoms with Crippen molar-refractivity contribution in [2.75, 3.05) is 7.11 Å². The molecule has 0 aliphatic carbocycles. The van der Waals surface area contributed by atoms with Gasteiger partial charge in [-0.15, -0.1) is 0 Å². The molecule has 12 heavy (non-hydrogen) atoms. The zero-order valence-corrected chi connectivity index (χ0v) is 7.04. The van der Waals surface area contributed by atoms with E-state index in [0.717, 1.165) is 0 Å². The van der Waals surface area contributed by atoms with Crippen LogP contribution in [0.3, 0.4) is 0 Å². The van der Waals surface area contributed by atoms with Crippen LogP contribution in [0.15, 0.2) is 16.5 Å². The number of carbonyl (C=O) groups excluding carboxylic acids is 1. The van der Waals surface area contributed by atoms with Crippen molar-refractivity contribution in [2.45, 2.75) is 6.10 Å². The van der Waals surface area contributed by atoms with E-state index in [0.29, 0.717) is 0 Å². The van der Waals surface area contributed by atoms with Crippen molar-refractivity contribution in [3.63, 3.8) is 0 Å². The molecule has 0 radical (unpaired) electrons. The Morgan fingerprint density at radius 1 is 1.75 bits per heavy atom. The number of esters is 1. The lowest BCUT2D eigenvalue weighted by atomic mass is 10.3. The summed E-state index contributed by atoms with van der Waals surface area (Å²) in [6, 6.07) is 2.84. The summed E-state index contributed by atoms with van der Waals surface area (Å²) in [5.74, 6) is -0.701. The Morgan fingerprint density at radius 3 is 2.83 bits per heavy atom. The molecule has 0 aliphatic heterocycles. The predicted molar refractivity (Wildman–Crippen MR) is 40.7 cm³/mol. The van der Waals surface area contributed by atoms with Crippen molar-refractivity contribution in [1.29, 1.82) is 0 Å². The Hall–Kier alpha value is -1.00. The highest BCUT2D eigenvalue weighted by Crippen LogP contribution is 2.20. The van der Waals surface area contributed by atoms with Crippen LogP contribution in [0.2, 0.25) is 5.22 Å². The van der Waals surface area contributed by atoms with Crippen LogP contribution in [0.4, 0.5) is 0 Å². The summed E-state index contributed by atoms with van der Waals surface area (Å²) in [7, 11) is 1.18. The SMILES string of the molecule is COC(=O)C(O)c1ccc(Cl)o1. The first-order valence-corrected chi connectivity index (χ1v) is 3.54. The van der Waals surface area contributed by atoms with Crippen molar-refractivity contribution >= 4 is 17.6 Å². The van der Waals surface area contributed by atoms with Crippen molar-refractivity contribution in [1.82, 2.24) is 0 Å². The van der Waals surface area contributed by atoms with Gasteiger partial charge in [0.25, 0.3) is 0 Å². The van der Waals surface area contributed by atoms with E-state index < -0.39 is 12.1 Å². The standard InChI is InChI=1S/C7H7ClO4/c1-11-7(10)6(9)4-2-3-5(8)12-4/h2-3,6,9H,1H3. The maximum Gasteiger partial charge on any atom is 0.342 e. The molecule has 0 saturated carbocycles. The normalized spacial score (nSPS) is 12.6. The third-order valence-corrected chi connectivity index (χ3v) is 1.49. The highest BCUT2D eigenvalue weighted by atomic mass is 35.5. The summed E-state index contributed by atoms with van der Waals surface area (Å²) in [5.41, 5.74) is 0. The van der Waals surface area contributed by atoms with Crippen LogP contribution in [-0.4, -0.2) is 18.2 Å². The Balaban J connectivity index is 2.77. The van der Waals surface area contributed by atoms with Gasteiger partial charge < -0.3 is 14.3 Å². The number of halogens is 1. The molecule has 1 atom stereocenters. The monoisotopic (exact) mass is 190 g/mol. The number of hydrogen-bond acceptors (Lipinski definition) is 4. The number of hydrogen-bond donors (Lipinski definition) is 1. The quantitative estimate of drug-likeness (QED) is 0.711. The Morgan fingerprint density at radius 2 is 2.42 bits per heavy atom. The van der Waals surface area contributed by atoms with E-state index in [4.69, 9.17) is 16.0 Å². The molecular formula is C7H7ClO4. The second kappa shape index (κ2) is 3.60. The van der Waals surface area contributed by atoms with Gasteiger partial charge in [-0.05, 0) is 23.7 Å². The number of aliphatic hydroxyl groups excluding tert-OH is 1. The van der Waals surface area contributed by atoms with Gasteiger partial charge in [0, 0.05) is 0 Å². The summed E-state index contributed by atoms with van der Waals surface area (Å²) in [6.45, 7) is 0. The number of methoxy groups -OCH3 is 1. The van der Waals surface area contributed by atoms with Gasteiger partial charge in [0.1, 0.15) is 5.76 Å². The van der Waals surface area contributed by atoms with Gasteiger partial charge in [0.05, 0.1) is 7.11 Å². The van der Waals surface area contributed by atoms with Gasteiger partial charge >= 0.3 is 5.97 Å². The van der Waals surface area contributed by atoms with E-state index >= 15 is 0 Å². The molecule has 0 aliphatic rings. The average Bonchev–Trinajstić information content (AvgIpc) is 2.49. The van der Waals surface area contributed by atoms with Gasteiger partial charge in [-0.1, -0.05) is 0 Å². The predicted octanol–water partition coefficient (Wildman–Crippen LogP) is 1.14. The van der Waals surface area contributed by atoms with E-state index in [1.807, 2.05) is 0 Å². The van der Waals surface area contributed by atoms with Crippen LogP contribution in [0.5, 0.6) is 0 Å². The molecule has 66 valence electrons. The van der Waals surface area contributed by atoms with E-state index in [2.05, 4.69) is 4.74 Å². The first-order chi connectivity index (χ1) is 5.65. The van der Waals surface area contributed by atoms with Crippen LogP contribution in [0.25, 0.3) is 0 Å². The Kier molecular flexibility index (Phi) is 2.73. The summed E-state index contributed by atoms with van der Waals surface area (Å²) < 4.78 is 9.07. The third kappa shape index (κ3) is 1.78. The van der Waals surface area contributed by atoms with Gasteiger partial charge in [-0.3, -0.25) is 0 Å². The van der Waals surface area contributed by atoms with Gasteiger partial charge in [-0.25, -0.2) is 4.79 Å². The highest BCUT2D eigenvalue weighted by Gasteiger charge is 2.21. The van der Waals surface area contributed by atoms with Gasteiger partial charge in [0.15, 0.2) is 5.22 Å². The minimum absolute atomic E-state index is 0.0758. The number of furan rings is 1. The van der Waals surface area contributed by atoms with E-state index in [1.165, 1.54) is 19.2 Å². The minimum atomic E-state index is -1.40. The second-order valence-corrected chi connectivity index (χ2v) is 2.44. The lowest BCUT2D eigenvalue weighted by Crippen LogP contribution is -2.12. The molecule has 1 aromatic rings. The summed E-state index contributed by atoms with van der Waals surface area (Å²) in [4.78, 5) is 10.7. The molecule has 1 rings (SSSR count). The van der Waals surface area contributed by atoms with Crippen molar-refractivity contribution in [2.24, 2.45) is 0 Å².